The number of halogens is 1. The molecule has 0 saturated carbocycles. The Bertz CT molecular complexity index is 439. The lowest BCUT2D eigenvalue weighted by atomic mass is 10.1. The largest absolute Gasteiger partial charge is 0.311 e. The fourth-order valence-corrected chi connectivity index (χ4v) is 4.68. The zero-order valence-electron chi connectivity index (χ0n) is 9.99. The maximum Gasteiger partial charge on any atom is 0.0992 e. The highest BCUT2D eigenvalue weighted by Crippen LogP contribution is 2.23. The molecule has 96 valence electrons. The summed E-state index contributed by atoms with van der Waals surface area (Å²) in [4.78, 5) is 0. The number of nitrogens with one attached hydrogen (secondary N) is 1. The zero-order valence-corrected chi connectivity index (χ0v) is 12.4. The number of hydrogen-bond donors (Lipinski definition) is 1. The Balaban J connectivity index is 1.81. The van der Waals surface area contributed by atoms with E-state index in [4.69, 9.17) is 16.9 Å². The Morgan fingerprint density at radius 3 is 3.00 bits per heavy atom. The van der Waals surface area contributed by atoms with Crippen LogP contribution in [0.15, 0.2) is 18.2 Å². The normalized spacial score (nSPS) is 19.4. The SMILES string of the molecule is N#Cc1ccc(CNCC2CSCCS2)c(Cl)c1. The van der Waals surface area contributed by atoms with Gasteiger partial charge in [-0.15, -0.1) is 0 Å². The predicted molar refractivity (Wildman–Crippen MR) is 81.4 cm³/mol. The van der Waals surface area contributed by atoms with Crippen molar-refractivity contribution in [2.45, 2.75) is 11.8 Å². The van der Waals surface area contributed by atoms with Gasteiger partial charge in [0.1, 0.15) is 0 Å². The molecule has 1 aromatic rings. The third-order valence-electron chi connectivity index (χ3n) is 2.75. The molecular weight excluding hydrogens is 284 g/mol. The first-order valence-corrected chi connectivity index (χ1v) is 8.46. The summed E-state index contributed by atoms with van der Waals surface area (Å²) in [5.74, 6) is 3.77. The van der Waals surface area contributed by atoms with Crippen LogP contribution in [0.1, 0.15) is 11.1 Å². The fourth-order valence-electron chi connectivity index (χ4n) is 1.78. The Morgan fingerprint density at radius 1 is 1.44 bits per heavy atom. The minimum Gasteiger partial charge on any atom is -0.311 e. The van der Waals surface area contributed by atoms with Gasteiger partial charge in [-0.25, -0.2) is 0 Å². The van der Waals surface area contributed by atoms with Crippen molar-refractivity contribution in [2.75, 3.05) is 23.8 Å². The highest BCUT2D eigenvalue weighted by Gasteiger charge is 2.13. The van der Waals surface area contributed by atoms with Crippen LogP contribution in [-0.2, 0) is 6.54 Å². The number of nitrogens with zero attached hydrogens (tertiary/aromatic N) is 1. The third-order valence-corrected chi connectivity index (χ3v) is 5.95. The summed E-state index contributed by atoms with van der Waals surface area (Å²) in [6.07, 6.45) is 0. The van der Waals surface area contributed by atoms with Crippen molar-refractivity contribution in [1.82, 2.24) is 5.32 Å². The van der Waals surface area contributed by atoms with Crippen molar-refractivity contribution in [3.05, 3.63) is 34.3 Å². The Morgan fingerprint density at radius 2 is 2.33 bits per heavy atom. The van der Waals surface area contributed by atoms with Gasteiger partial charge in [-0.05, 0) is 17.7 Å². The lowest BCUT2D eigenvalue weighted by Gasteiger charge is -2.21. The molecule has 1 atom stereocenters. The molecule has 1 aliphatic rings. The second kappa shape index (κ2) is 7.30. The number of benzene rings is 1. The first-order valence-electron chi connectivity index (χ1n) is 5.88. The molecule has 0 spiro atoms. The van der Waals surface area contributed by atoms with Gasteiger partial charge in [0, 0.05) is 40.6 Å². The van der Waals surface area contributed by atoms with Gasteiger partial charge in [-0.3, -0.25) is 0 Å². The number of thioether (sulfide) groups is 2. The number of nitriles is 1. The van der Waals surface area contributed by atoms with Gasteiger partial charge in [0.05, 0.1) is 11.6 Å². The van der Waals surface area contributed by atoms with Crippen LogP contribution in [0.5, 0.6) is 0 Å². The highest BCUT2D eigenvalue weighted by molar-refractivity contribution is 8.06. The number of rotatable bonds is 4. The van der Waals surface area contributed by atoms with E-state index in [2.05, 4.69) is 11.4 Å². The van der Waals surface area contributed by atoms with E-state index in [0.717, 1.165) is 18.7 Å². The quantitative estimate of drug-likeness (QED) is 0.926. The van der Waals surface area contributed by atoms with Gasteiger partial charge in [-0.2, -0.15) is 28.8 Å². The molecule has 1 saturated heterocycles. The van der Waals surface area contributed by atoms with Gasteiger partial charge < -0.3 is 5.32 Å². The molecule has 1 aromatic carbocycles. The smallest absolute Gasteiger partial charge is 0.0992 e. The van der Waals surface area contributed by atoms with Crippen molar-refractivity contribution >= 4 is 35.1 Å². The topological polar surface area (TPSA) is 35.8 Å². The average Bonchev–Trinajstić information content (AvgIpc) is 2.42. The minimum atomic E-state index is 0.614. The van der Waals surface area contributed by atoms with E-state index in [9.17, 15) is 0 Å². The van der Waals surface area contributed by atoms with Gasteiger partial charge >= 0.3 is 0 Å². The third kappa shape index (κ3) is 4.10. The van der Waals surface area contributed by atoms with Crippen LogP contribution < -0.4 is 5.32 Å². The summed E-state index contributed by atoms with van der Waals surface area (Å²) in [5, 5.41) is 13.6. The van der Waals surface area contributed by atoms with Crippen LogP contribution in [-0.4, -0.2) is 29.1 Å². The summed E-state index contributed by atoms with van der Waals surface area (Å²) >= 11 is 10.2. The van der Waals surface area contributed by atoms with Gasteiger partial charge in [-0.1, -0.05) is 17.7 Å². The maximum absolute atomic E-state index is 8.77. The Hall–Kier alpha value is -0.340. The van der Waals surface area contributed by atoms with Crippen molar-refractivity contribution in [3.63, 3.8) is 0 Å². The second-order valence-electron chi connectivity index (χ2n) is 4.12. The standard InChI is InChI=1S/C13H15ClN2S2/c14-13-5-10(6-15)1-2-11(13)7-16-8-12-9-17-3-4-18-12/h1-2,5,12,16H,3-4,7-9H2. The predicted octanol–water partition coefficient (Wildman–Crippen LogP) is 3.15. The molecule has 1 aliphatic heterocycles. The van der Waals surface area contributed by atoms with E-state index in [0.29, 0.717) is 15.8 Å². The lowest BCUT2D eigenvalue weighted by Crippen LogP contribution is -2.28. The van der Waals surface area contributed by atoms with Crippen molar-refractivity contribution < 1.29 is 0 Å². The molecule has 0 aromatic heterocycles. The molecule has 0 amide bonds. The second-order valence-corrected chi connectivity index (χ2v) is 7.08. The molecule has 1 fully saturated rings. The van der Waals surface area contributed by atoms with Crippen molar-refractivity contribution in [2.24, 2.45) is 0 Å². The van der Waals surface area contributed by atoms with E-state index in [-0.39, 0.29) is 0 Å². The summed E-state index contributed by atoms with van der Waals surface area (Å²) < 4.78 is 0. The van der Waals surface area contributed by atoms with Crippen LogP contribution in [0.4, 0.5) is 0 Å². The molecule has 0 aliphatic carbocycles. The molecule has 1 heterocycles. The van der Waals surface area contributed by atoms with E-state index in [1.807, 2.05) is 35.7 Å². The number of hydrogen-bond acceptors (Lipinski definition) is 4. The Labute approximate surface area is 121 Å². The van der Waals surface area contributed by atoms with Gasteiger partial charge in [0.2, 0.25) is 0 Å². The summed E-state index contributed by atoms with van der Waals surface area (Å²) in [6, 6.07) is 7.56. The van der Waals surface area contributed by atoms with E-state index in [1.165, 1.54) is 17.3 Å². The first kappa shape index (κ1) is 14.1. The summed E-state index contributed by atoms with van der Waals surface area (Å²) in [5.41, 5.74) is 1.67. The molecule has 1 N–H and O–H groups in total. The highest BCUT2D eigenvalue weighted by atomic mass is 35.5. The van der Waals surface area contributed by atoms with Crippen molar-refractivity contribution in [1.29, 1.82) is 5.26 Å². The molecule has 18 heavy (non-hydrogen) atoms. The van der Waals surface area contributed by atoms with Crippen LogP contribution in [0.3, 0.4) is 0 Å². The first-order chi connectivity index (χ1) is 8.79. The van der Waals surface area contributed by atoms with Crippen LogP contribution >= 0.6 is 35.1 Å². The van der Waals surface area contributed by atoms with Crippen LogP contribution in [0.25, 0.3) is 0 Å². The molecule has 0 bridgehead atoms. The lowest BCUT2D eigenvalue weighted by molar-refractivity contribution is 0.686. The fraction of sp³-hybridized carbons (Fsp3) is 0.462. The van der Waals surface area contributed by atoms with Gasteiger partial charge in [0.15, 0.2) is 0 Å². The molecule has 1 unspecified atom stereocenters. The minimum absolute atomic E-state index is 0.614. The molecular formula is C13H15ClN2S2. The average molecular weight is 299 g/mol. The van der Waals surface area contributed by atoms with E-state index >= 15 is 0 Å². The molecule has 2 nitrogen and oxygen atoms in total. The Kier molecular flexibility index (Phi) is 5.71. The van der Waals surface area contributed by atoms with Crippen LogP contribution in [0.2, 0.25) is 5.02 Å². The van der Waals surface area contributed by atoms with Crippen LogP contribution in [0, 0.1) is 11.3 Å². The van der Waals surface area contributed by atoms with E-state index < -0.39 is 0 Å². The monoisotopic (exact) mass is 298 g/mol. The molecule has 0 radical (unpaired) electrons. The molecule has 5 heteroatoms. The summed E-state index contributed by atoms with van der Waals surface area (Å²) in [7, 11) is 0. The van der Waals surface area contributed by atoms with Crippen molar-refractivity contribution in [3.8, 4) is 6.07 Å². The molecule has 2 rings (SSSR count). The van der Waals surface area contributed by atoms with E-state index in [1.54, 1.807) is 6.07 Å². The zero-order chi connectivity index (χ0) is 12.8. The summed E-state index contributed by atoms with van der Waals surface area (Å²) in [6.45, 7) is 1.79. The maximum atomic E-state index is 8.77. The van der Waals surface area contributed by atoms with Gasteiger partial charge in [0.25, 0.3) is 0 Å².